The maximum absolute atomic E-state index is 11.9. The molecule has 0 atom stereocenters. The number of likely N-dealkylation sites (tertiary alicyclic amines) is 1. The van der Waals surface area contributed by atoms with Gasteiger partial charge >= 0.3 is 12.1 Å². The number of aromatic nitrogens is 1. The van der Waals surface area contributed by atoms with Crippen LogP contribution in [-0.2, 0) is 4.74 Å². The topological polar surface area (TPSA) is 71.8 Å². The zero-order valence-corrected chi connectivity index (χ0v) is 13.1. The molecule has 0 aliphatic carbocycles. The first-order valence-electron chi connectivity index (χ1n) is 7.00. The van der Waals surface area contributed by atoms with Crippen molar-refractivity contribution in [2.75, 3.05) is 13.1 Å². The minimum absolute atomic E-state index is 0.116. The Morgan fingerprint density at radius 2 is 1.86 bits per heavy atom. The molecule has 1 aliphatic heterocycles. The normalized spacial score (nSPS) is 15.8. The minimum atomic E-state index is -0.919. The molecule has 6 heteroatoms. The summed E-state index contributed by atoms with van der Waals surface area (Å²) in [5.74, 6) is -0.919. The molecule has 0 spiro atoms. The van der Waals surface area contributed by atoms with Gasteiger partial charge in [0, 0.05) is 24.5 Å². The monoisotopic (exact) mass is 294 g/mol. The molecule has 1 aliphatic rings. The minimum Gasteiger partial charge on any atom is -0.478 e. The van der Waals surface area contributed by atoms with Crippen LogP contribution in [0.15, 0.2) is 6.07 Å². The van der Waals surface area contributed by atoms with Crippen LogP contribution in [0.1, 0.15) is 48.6 Å². The van der Waals surface area contributed by atoms with Crippen LogP contribution in [0.25, 0.3) is 0 Å². The van der Waals surface area contributed by atoms with Gasteiger partial charge in [-0.25, -0.2) is 9.59 Å². The second-order valence-corrected chi connectivity index (χ2v) is 6.50. The maximum Gasteiger partial charge on any atom is 0.410 e. The van der Waals surface area contributed by atoms with E-state index in [-0.39, 0.29) is 12.1 Å². The van der Waals surface area contributed by atoms with Gasteiger partial charge in [0.05, 0.1) is 11.6 Å². The van der Waals surface area contributed by atoms with E-state index < -0.39 is 11.6 Å². The van der Waals surface area contributed by atoms with E-state index in [9.17, 15) is 9.59 Å². The Labute approximate surface area is 124 Å². The first kappa shape index (κ1) is 15.4. The second kappa shape index (κ2) is 5.09. The first-order chi connectivity index (χ1) is 9.60. The standard InChI is InChI=1S/C15H22N2O4/c1-9-6-12(13(18)19)10(2)17(9)11-7-16(8-11)14(20)21-15(3,4)5/h6,11H,7-8H2,1-5H3,(H,18,19). The summed E-state index contributed by atoms with van der Waals surface area (Å²) in [5.41, 5.74) is 1.45. The van der Waals surface area contributed by atoms with E-state index in [0.717, 1.165) is 11.4 Å². The third-order valence-electron chi connectivity index (χ3n) is 3.59. The summed E-state index contributed by atoms with van der Waals surface area (Å²) < 4.78 is 7.30. The van der Waals surface area contributed by atoms with Gasteiger partial charge in [-0.05, 0) is 40.7 Å². The SMILES string of the molecule is Cc1cc(C(=O)O)c(C)n1C1CN(C(=O)OC(C)(C)C)C1. The number of aromatic carboxylic acids is 1. The zero-order valence-electron chi connectivity index (χ0n) is 13.1. The smallest absolute Gasteiger partial charge is 0.410 e. The van der Waals surface area contributed by atoms with Gasteiger partial charge < -0.3 is 19.3 Å². The Morgan fingerprint density at radius 1 is 1.29 bits per heavy atom. The van der Waals surface area contributed by atoms with Crippen molar-refractivity contribution in [3.05, 3.63) is 23.0 Å². The predicted molar refractivity (Wildman–Crippen MR) is 77.7 cm³/mol. The van der Waals surface area contributed by atoms with Crippen molar-refractivity contribution in [1.82, 2.24) is 9.47 Å². The van der Waals surface area contributed by atoms with Gasteiger partial charge in [-0.2, -0.15) is 0 Å². The van der Waals surface area contributed by atoms with Crippen LogP contribution in [0.3, 0.4) is 0 Å². The van der Waals surface area contributed by atoms with E-state index in [1.54, 1.807) is 17.9 Å². The molecule has 1 aromatic heterocycles. The van der Waals surface area contributed by atoms with Crippen LogP contribution >= 0.6 is 0 Å². The lowest BCUT2D eigenvalue weighted by molar-refractivity contribution is 0.000601. The van der Waals surface area contributed by atoms with Crippen LogP contribution < -0.4 is 0 Å². The van der Waals surface area contributed by atoms with Gasteiger partial charge in [0.15, 0.2) is 0 Å². The van der Waals surface area contributed by atoms with E-state index in [4.69, 9.17) is 9.84 Å². The van der Waals surface area contributed by atoms with Gasteiger partial charge in [-0.3, -0.25) is 0 Å². The molecule has 0 radical (unpaired) electrons. The van der Waals surface area contributed by atoms with Crippen LogP contribution in [0, 0.1) is 13.8 Å². The van der Waals surface area contributed by atoms with E-state index in [1.807, 2.05) is 32.3 Å². The highest BCUT2D eigenvalue weighted by Gasteiger charge is 2.36. The van der Waals surface area contributed by atoms with E-state index in [1.165, 1.54) is 0 Å². The van der Waals surface area contributed by atoms with Crippen LogP contribution in [-0.4, -0.2) is 45.3 Å². The van der Waals surface area contributed by atoms with Crippen molar-refractivity contribution < 1.29 is 19.4 Å². The molecule has 116 valence electrons. The molecule has 1 amide bonds. The summed E-state index contributed by atoms with van der Waals surface area (Å²) in [5, 5.41) is 9.15. The molecule has 0 bridgehead atoms. The van der Waals surface area contributed by atoms with Gasteiger partial charge in [-0.15, -0.1) is 0 Å². The lowest BCUT2D eigenvalue weighted by atomic mass is 10.1. The molecule has 2 heterocycles. The highest BCUT2D eigenvalue weighted by molar-refractivity contribution is 5.89. The van der Waals surface area contributed by atoms with Crippen LogP contribution in [0.4, 0.5) is 4.79 Å². The number of carboxylic acid groups (broad SMARTS) is 1. The van der Waals surface area contributed by atoms with Crippen LogP contribution in [0.2, 0.25) is 0 Å². The highest BCUT2D eigenvalue weighted by atomic mass is 16.6. The zero-order chi connectivity index (χ0) is 15.9. The number of rotatable bonds is 2. The molecule has 1 N–H and O–H groups in total. The molecule has 0 saturated carbocycles. The van der Waals surface area contributed by atoms with Gasteiger partial charge in [0.2, 0.25) is 0 Å². The highest BCUT2D eigenvalue weighted by Crippen LogP contribution is 2.28. The number of carbonyl (C=O) groups is 2. The van der Waals surface area contributed by atoms with Crippen molar-refractivity contribution in [2.45, 2.75) is 46.3 Å². The second-order valence-electron chi connectivity index (χ2n) is 6.50. The number of hydrogen-bond acceptors (Lipinski definition) is 3. The Bertz CT molecular complexity index is 577. The van der Waals surface area contributed by atoms with Gasteiger partial charge in [0.25, 0.3) is 0 Å². The van der Waals surface area contributed by atoms with Gasteiger partial charge in [-0.1, -0.05) is 0 Å². The van der Waals surface area contributed by atoms with Crippen molar-refractivity contribution in [3.8, 4) is 0 Å². The Balaban J connectivity index is 2.05. The number of hydrogen-bond donors (Lipinski definition) is 1. The largest absolute Gasteiger partial charge is 0.478 e. The number of carboxylic acids is 1. The average molecular weight is 294 g/mol. The van der Waals surface area contributed by atoms with Crippen LogP contribution in [0.5, 0.6) is 0 Å². The van der Waals surface area contributed by atoms with Crippen molar-refractivity contribution in [1.29, 1.82) is 0 Å². The number of nitrogens with zero attached hydrogens (tertiary/aromatic N) is 2. The molecular weight excluding hydrogens is 272 g/mol. The average Bonchev–Trinajstić information content (AvgIpc) is 2.52. The Kier molecular flexibility index (Phi) is 3.74. The lowest BCUT2D eigenvalue weighted by Gasteiger charge is -2.41. The van der Waals surface area contributed by atoms with E-state index >= 15 is 0 Å². The number of amides is 1. The molecule has 1 aromatic rings. The summed E-state index contributed by atoms with van der Waals surface area (Å²) in [6, 6.07) is 1.79. The van der Waals surface area contributed by atoms with Crippen molar-refractivity contribution >= 4 is 12.1 Å². The van der Waals surface area contributed by atoms with Crippen molar-refractivity contribution in [2.24, 2.45) is 0 Å². The molecule has 0 unspecified atom stereocenters. The molecule has 2 rings (SSSR count). The Hall–Kier alpha value is -1.98. The lowest BCUT2D eigenvalue weighted by Crippen LogP contribution is -2.52. The third kappa shape index (κ3) is 3.04. The Morgan fingerprint density at radius 3 is 2.29 bits per heavy atom. The fourth-order valence-corrected chi connectivity index (χ4v) is 2.65. The molecular formula is C15H22N2O4. The molecule has 1 fully saturated rings. The molecule has 21 heavy (non-hydrogen) atoms. The van der Waals surface area contributed by atoms with Gasteiger partial charge in [0.1, 0.15) is 5.60 Å². The first-order valence-corrected chi connectivity index (χ1v) is 7.00. The molecule has 6 nitrogen and oxygen atoms in total. The fraction of sp³-hybridized carbons (Fsp3) is 0.600. The van der Waals surface area contributed by atoms with Crippen molar-refractivity contribution in [3.63, 3.8) is 0 Å². The summed E-state index contributed by atoms with van der Waals surface area (Å²) in [7, 11) is 0. The fourth-order valence-electron chi connectivity index (χ4n) is 2.65. The summed E-state index contributed by atoms with van der Waals surface area (Å²) in [6.07, 6.45) is -0.320. The predicted octanol–water partition coefficient (Wildman–Crippen LogP) is 2.59. The van der Waals surface area contributed by atoms with E-state index in [2.05, 4.69) is 0 Å². The summed E-state index contributed by atoms with van der Waals surface area (Å²) in [6.45, 7) is 10.3. The summed E-state index contributed by atoms with van der Waals surface area (Å²) >= 11 is 0. The number of carbonyl (C=O) groups excluding carboxylic acids is 1. The number of ether oxygens (including phenoxy) is 1. The number of aryl methyl sites for hydroxylation is 1. The molecule has 1 saturated heterocycles. The third-order valence-corrected chi connectivity index (χ3v) is 3.59. The quantitative estimate of drug-likeness (QED) is 0.910. The molecule has 0 aromatic carbocycles. The maximum atomic E-state index is 11.9. The van der Waals surface area contributed by atoms with E-state index in [0.29, 0.717) is 18.7 Å². The summed E-state index contributed by atoms with van der Waals surface area (Å²) in [4.78, 5) is 24.7.